The van der Waals surface area contributed by atoms with Crippen molar-refractivity contribution < 1.29 is 4.79 Å². The number of nitrogens with one attached hydrogen (secondary N) is 1. The summed E-state index contributed by atoms with van der Waals surface area (Å²) < 4.78 is 1.42. The van der Waals surface area contributed by atoms with Crippen LogP contribution in [-0.2, 0) is 0 Å². The van der Waals surface area contributed by atoms with Crippen LogP contribution in [0, 0.1) is 13.8 Å². The smallest absolute Gasteiger partial charge is 0.268 e. The van der Waals surface area contributed by atoms with Crippen molar-refractivity contribution >= 4 is 22.9 Å². The van der Waals surface area contributed by atoms with E-state index < -0.39 is 5.91 Å². The predicted octanol–water partition coefficient (Wildman–Crippen LogP) is 4.23. The Morgan fingerprint density at radius 3 is 2.72 bits per heavy atom. The Balaban J connectivity index is 1.67. The maximum atomic E-state index is 13.0. The molecule has 0 spiro atoms. The van der Waals surface area contributed by atoms with Crippen molar-refractivity contribution in [2.24, 2.45) is 0 Å². The second kappa shape index (κ2) is 7.81. The van der Waals surface area contributed by atoms with Crippen LogP contribution in [0.4, 0.5) is 5.69 Å². The maximum absolute atomic E-state index is 13.0. The number of hydrogen-bond acceptors (Lipinski definition) is 5. The number of benzene rings is 1. The lowest BCUT2D eigenvalue weighted by Gasteiger charge is -2.11. The number of anilines is 1. The van der Waals surface area contributed by atoms with Crippen LogP contribution in [0.1, 0.15) is 20.9 Å². The van der Waals surface area contributed by atoms with Gasteiger partial charge in [-0.3, -0.25) is 19.1 Å². The summed E-state index contributed by atoms with van der Waals surface area (Å²) in [6, 6.07) is 12.7. The minimum Gasteiger partial charge on any atom is -0.322 e. The largest absolute Gasteiger partial charge is 0.322 e. The molecule has 0 fully saturated rings. The molecule has 7 heteroatoms. The molecule has 6 nitrogen and oxygen atoms in total. The molecular weight excluding hydrogens is 384 g/mol. The van der Waals surface area contributed by atoms with E-state index in [1.54, 1.807) is 61.1 Å². The predicted molar refractivity (Wildman–Crippen MR) is 115 cm³/mol. The number of rotatable bonds is 4. The highest BCUT2D eigenvalue weighted by atomic mass is 32.1. The van der Waals surface area contributed by atoms with Crippen LogP contribution in [0.15, 0.2) is 71.2 Å². The van der Waals surface area contributed by atoms with Crippen LogP contribution < -0.4 is 10.9 Å². The van der Waals surface area contributed by atoms with E-state index in [-0.39, 0.29) is 11.1 Å². The van der Waals surface area contributed by atoms with Crippen LogP contribution in [0.25, 0.3) is 16.9 Å². The first-order chi connectivity index (χ1) is 14.0. The fourth-order valence-electron chi connectivity index (χ4n) is 3.05. The molecular formula is C22H18N4O2S. The van der Waals surface area contributed by atoms with Crippen LogP contribution >= 0.6 is 11.3 Å². The topological polar surface area (TPSA) is 76.9 Å². The first-order valence-electron chi connectivity index (χ1n) is 8.99. The Hall–Kier alpha value is -3.58. The minimum absolute atomic E-state index is 0.103. The van der Waals surface area contributed by atoms with Gasteiger partial charge in [-0.15, -0.1) is 11.3 Å². The summed E-state index contributed by atoms with van der Waals surface area (Å²) in [6.07, 6.45) is 4.86. The fraction of sp³-hybridized carbons (Fsp3) is 0.0909. The average Bonchev–Trinajstić information content (AvgIpc) is 3.15. The zero-order valence-corrected chi connectivity index (χ0v) is 16.7. The second-order valence-corrected chi connectivity index (χ2v) is 7.61. The van der Waals surface area contributed by atoms with Gasteiger partial charge in [0.25, 0.3) is 11.5 Å². The molecule has 0 bridgehead atoms. The molecule has 1 aromatic carbocycles. The molecule has 0 saturated heterocycles. The van der Waals surface area contributed by atoms with Gasteiger partial charge >= 0.3 is 0 Å². The van der Waals surface area contributed by atoms with Crippen molar-refractivity contribution in [2.45, 2.75) is 13.8 Å². The number of hydrogen-bond donors (Lipinski definition) is 1. The minimum atomic E-state index is -0.447. The average molecular weight is 402 g/mol. The third-order valence-electron chi connectivity index (χ3n) is 4.49. The summed E-state index contributed by atoms with van der Waals surface area (Å²) in [4.78, 5) is 34.4. The van der Waals surface area contributed by atoms with Gasteiger partial charge in [0, 0.05) is 29.0 Å². The van der Waals surface area contributed by atoms with Crippen molar-refractivity contribution in [3.63, 3.8) is 0 Å². The van der Waals surface area contributed by atoms with Gasteiger partial charge in [-0.1, -0.05) is 12.1 Å². The number of carbonyl (C=O) groups excluding carboxylic acids is 1. The molecule has 0 radical (unpaired) electrons. The van der Waals surface area contributed by atoms with Crippen molar-refractivity contribution in [1.29, 1.82) is 0 Å². The van der Waals surface area contributed by atoms with Crippen molar-refractivity contribution in [3.05, 3.63) is 92.9 Å². The molecule has 3 aromatic heterocycles. The quantitative estimate of drug-likeness (QED) is 0.554. The van der Waals surface area contributed by atoms with E-state index in [1.165, 1.54) is 4.57 Å². The molecule has 0 atom stereocenters. The van der Waals surface area contributed by atoms with Crippen molar-refractivity contribution in [2.75, 3.05) is 5.32 Å². The summed E-state index contributed by atoms with van der Waals surface area (Å²) in [7, 11) is 0. The Kier molecular flexibility index (Phi) is 5.05. The molecule has 1 N–H and O–H groups in total. The summed E-state index contributed by atoms with van der Waals surface area (Å²) in [5, 5.41) is 5.80. The Morgan fingerprint density at radius 1 is 1.14 bits per heavy atom. The third kappa shape index (κ3) is 3.86. The zero-order chi connectivity index (χ0) is 20.4. The number of amides is 1. The van der Waals surface area contributed by atoms with Gasteiger partial charge in [-0.25, -0.2) is 4.98 Å². The molecule has 3 heterocycles. The fourth-order valence-corrected chi connectivity index (χ4v) is 3.67. The van der Waals surface area contributed by atoms with Gasteiger partial charge in [0.1, 0.15) is 5.56 Å². The van der Waals surface area contributed by atoms with E-state index in [9.17, 15) is 9.59 Å². The summed E-state index contributed by atoms with van der Waals surface area (Å²) in [5.74, 6) is -0.447. The van der Waals surface area contributed by atoms with Gasteiger partial charge < -0.3 is 5.32 Å². The van der Waals surface area contributed by atoms with Gasteiger partial charge in [0.2, 0.25) is 0 Å². The number of aromatic nitrogens is 3. The van der Waals surface area contributed by atoms with Gasteiger partial charge in [0.15, 0.2) is 0 Å². The molecule has 0 aliphatic carbocycles. The SMILES string of the molecule is Cc1nc(-c2cccc(NC(=O)c3c(C)ccn(-c4cccnc4)c3=O)c2)cs1. The second-order valence-electron chi connectivity index (χ2n) is 6.55. The lowest BCUT2D eigenvalue weighted by Crippen LogP contribution is -2.29. The molecule has 0 saturated carbocycles. The molecule has 4 rings (SSSR count). The molecule has 4 aromatic rings. The molecule has 0 aliphatic rings. The highest BCUT2D eigenvalue weighted by Gasteiger charge is 2.17. The normalized spacial score (nSPS) is 10.7. The molecule has 29 heavy (non-hydrogen) atoms. The standard InChI is InChI=1S/C22H18N4O2S/c1-14-8-10-26(18-7-4-9-23-12-18)22(28)20(14)21(27)25-17-6-3-5-16(11-17)19-13-29-15(2)24-19/h3-13H,1-2H3,(H,25,27). The summed E-state index contributed by atoms with van der Waals surface area (Å²) in [5.41, 5.74) is 3.30. The first-order valence-corrected chi connectivity index (χ1v) is 9.87. The highest BCUT2D eigenvalue weighted by molar-refractivity contribution is 7.09. The number of pyridine rings is 2. The van der Waals surface area contributed by atoms with E-state index >= 15 is 0 Å². The number of nitrogens with zero attached hydrogens (tertiary/aromatic N) is 3. The summed E-state index contributed by atoms with van der Waals surface area (Å²) in [6.45, 7) is 3.70. The molecule has 144 valence electrons. The monoisotopic (exact) mass is 402 g/mol. The van der Waals surface area contributed by atoms with Crippen LogP contribution in [0.3, 0.4) is 0 Å². The zero-order valence-electron chi connectivity index (χ0n) is 15.9. The van der Waals surface area contributed by atoms with Gasteiger partial charge in [-0.05, 0) is 49.7 Å². The number of thiazole rings is 1. The van der Waals surface area contributed by atoms with E-state index in [2.05, 4.69) is 15.3 Å². The Labute approximate surface area is 171 Å². The van der Waals surface area contributed by atoms with E-state index in [0.717, 1.165) is 16.3 Å². The highest BCUT2D eigenvalue weighted by Crippen LogP contribution is 2.24. The third-order valence-corrected chi connectivity index (χ3v) is 5.26. The lowest BCUT2D eigenvalue weighted by atomic mass is 10.1. The van der Waals surface area contributed by atoms with Crippen molar-refractivity contribution in [1.82, 2.24) is 14.5 Å². The Bertz CT molecular complexity index is 1250. The van der Waals surface area contributed by atoms with Crippen LogP contribution in [0.2, 0.25) is 0 Å². The van der Waals surface area contributed by atoms with Crippen molar-refractivity contribution in [3.8, 4) is 16.9 Å². The van der Waals surface area contributed by atoms with Crippen LogP contribution in [-0.4, -0.2) is 20.4 Å². The summed E-state index contributed by atoms with van der Waals surface area (Å²) >= 11 is 1.57. The number of carbonyl (C=O) groups is 1. The van der Waals surface area contributed by atoms with Gasteiger partial charge in [0.05, 0.1) is 22.6 Å². The van der Waals surface area contributed by atoms with Gasteiger partial charge in [-0.2, -0.15) is 0 Å². The number of aryl methyl sites for hydroxylation is 2. The lowest BCUT2D eigenvalue weighted by molar-refractivity contribution is 0.102. The van der Waals surface area contributed by atoms with E-state index in [4.69, 9.17) is 0 Å². The molecule has 1 amide bonds. The van der Waals surface area contributed by atoms with E-state index in [0.29, 0.717) is 16.9 Å². The molecule has 0 unspecified atom stereocenters. The molecule has 0 aliphatic heterocycles. The Morgan fingerprint density at radius 2 is 2.00 bits per heavy atom. The first kappa shape index (κ1) is 18.8. The maximum Gasteiger partial charge on any atom is 0.268 e. The van der Waals surface area contributed by atoms with E-state index in [1.807, 2.05) is 30.5 Å². The van der Waals surface area contributed by atoms with Crippen LogP contribution in [0.5, 0.6) is 0 Å².